The molecule has 0 aliphatic carbocycles. The summed E-state index contributed by atoms with van der Waals surface area (Å²) in [7, 11) is -3.43. The summed E-state index contributed by atoms with van der Waals surface area (Å²) in [5.41, 5.74) is 5.51. The summed E-state index contributed by atoms with van der Waals surface area (Å²) in [6, 6.07) is 3.04. The molecule has 5 nitrogen and oxygen atoms in total. The predicted molar refractivity (Wildman–Crippen MR) is 54.6 cm³/mol. The molecular weight excluding hydrogens is 216 g/mol. The largest absolute Gasteiger partial charge is 0.452 e. The van der Waals surface area contributed by atoms with Crippen molar-refractivity contribution in [3.63, 3.8) is 0 Å². The third-order valence-corrected chi connectivity index (χ3v) is 4.42. The summed E-state index contributed by atoms with van der Waals surface area (Å²) >= 11 is 0. The summed E-state index contributed by atoms with van der Waals surface area (Å²) in [5, 5.41) is 0.0140. The van der Waals surface area contributed by atoms with Gasteiger partial charge in [-0.25, -0.2) is 8.42 Å². The molecule has 2 rings (SSSR count). The normalized spacial score (nSPS) is 23.4. The molecule has 1 aliphatic rings. The molecule has 2 N–H and O–H groups in total. The molecule has 1 saturated heterocycles. The van der Waals surface area contributed by atoms with Crippen LogP contribution in [0.5, 0.6) is 0 Å². The summed E-state index contributed by atoms with van der Waals surface area (Å²) < 4.78 is 30.2. The van der Waals surface area contributed by atoms with Crippen LogP contribution in [-0.4, -0.2) is 32.4 Å². The van der Waals surface area contributed by atoms with E-state index in [4.69, 9.17) is 10.2 Å². The lowest BCUT2D eigenvalue weighted by Gasteiger charge is -2.13. The van der Waals surface area contributed by atoms with Crippen LogP contribution in [0.4, 0.5) is 0 Å². The minimum absolute atomic E-state index is 0.0140. The molecule has 1 aliphatic heterocycles. The molecule has 2 heterocycles. The molecule has 0 radical (unpaired) electrons. The second-order valence-electron chi connectivity index (χ2n) is 3.69. The third kappa shape index (κ3) is 1.92. The molecule has 1 aromatic heterocycles. The fourth-order valence-corrected chi connectivity index (χ4v) is 3.18. The molecule has 0 bridgehead atoms. The zero-order chi connectivity index (χ0) is 10.9. The van der Waals surface area contributed by atoms with Gasteiger partial charge in [-0.3, -0.25) is 0 Å². The summed E-state index contributed by atoms with van der Waals surface area (Å²) in [5.74, 6) is 0.273. The molecule has 84 valence electrons. The van der Waals surface area contributed by atoms with Crippen molar-refractivity contribution in [2.75, 3.05) is 19.6 Å². The quantitative estimate of drug-likeness (QED) is 0.807. The first-order chi connectivity index (χ1) is 7.14. The van der Waals surface area contributed by atoms with Crippen LogP contribution >= 0.6 is 0 Å². The Morgan fingerprint density at radius 3 is 2.93 bits per heavy atom. The SMILES string of the molecule is NCC1CCN(S(=O)(=O)c2ccco2)C1. The van der Waals surface area contributed by atoms with Crippen molar-refractivity contribution in [2.45, 2.75) is 11.5 Å². The Morgan fingerprint density at radius 1 is 1.60 bits per heavy atom. The molecule has 1 fully saturated rings. The Morgan fingerprint density at radius 2 is 2.40 bits per heavy atom. The Kier molecular flexibility index (Phi) is 2.81. The van der Waals surface area contributed by atoms with Gasteiger partial charge < -0.3 is 10.2 Å². The first-order valence-corrected chi connectivity index (χ1v) is 6.32. The van der Waals surface area contributed by atoms with Gasteiger partial charge in [-0.2, -0.15) is 4.31 Å². The van der Waals surface area contributed by atoms with Gasteiger partial charge in [0.25, 0.3) is 10.0 Å². The van der Waals surface area contributed by atoms with Gasteiger partial charge in [-0.15, -0.1) is 0 Å². The van der Waals surface area contributed by atoms with E-state index in [-0.39, 0.29) is 11.0 Å². The van der Waals surface area contributed by atoms with Crippen LogP contribution in [0.1, 0.15) is 6.42 Å². The van der Waals surface area contributed by atoms with Crippen LogP contribution in [0.3, 0.4) is 0 Å². The second-order valence-corrected chi connectivity index (χ2v) is 5.55. The first kappa shape index (κ1) is 10.7. The van der Waals surface area contributed by atoms with Gasteiger partial charge in [-0.05, 0) is 31.0 Å². The second kappa shape index (κ2) is 3.96. The Bertz CT molecular complexity index is 413. The van der Waals surface area contributed by atoms with E-state index in [1.165, 1.54) is 16.6 Å². The van der Waals surface area contributed by atoms with Crippen molar-refractivity contribution in [1.82, 2.24) is 4.31 Å². The van der Waals surface area contributed by atoms with Crippen molar-refractivity contribution in [3.8, 4) is 0 Å². The standard InChI is InChI=1S/C9H14N2O3S/c10-6-8-3-4-11(7-8)15(12,13)9-2-1-5-14-9/h1-2,5,8H,3-4,6-7,10H2. The molecule has 0 spiro atoms. The molecule has 0 aromatic carbocycles. The average molecular weight is 230 g/mol. The Labute approximate surface area is 88.9 Å². The van der Waals surface area contributed by atoms with E-state index in [1.54, 1.807) is 6.07 Å². The lowest BCUT2D eigenvalue weighted by atomic mass is 10.1. The van der Waals surface area contributed by atoms with E-state index in [2.05, 4.69) is 0 Å². The zero-order valence-corrected chi connectivity index (χ0v) is 9.11. The van der Waals surface area contributed by atoms with Crippen LogP contribution in [0.2, 0.25) is 0 Å². The highest BCUT2D eigenvalue weighted by molar-refractivity contribution is 7.89. The topological polar surface area (TPSA) is 76.5 Å². The summed E-state index contributed by atoms with van der Waals surface area (Å²) in [6.07, 6.45) is 2.19. The lowest BCUT2D eigenvalue weighted by molar-refractivity contribution is 0.405. The smallest absolute Gasteiger partial charge is 0.276 e. The molecule has 1 unspecified atom stereocenters. The van der Waals surface area contributed by atoms with Crippen molar-refractivity contribution in [2.24, 2.45) is 11.7 Å². The van der Waals surface area contributed by atoms with Crippen LogP contribution in [0, 0.1) is 5.92 Å². The van der Waals surface area contributed by atoms with Crippen LogP contribution < -0.4 is 5.73 Å². The van der Waals surface area contributed by atoms with Gasteiger partial charge in [-0.1, -0.05) is 0 Å². The van der Waals surface area contributed by atoms with Crippen LogP contribution in [0.25, 0.3) is 0 Å². The van der Waals surface area contributed by atoms with Gasteiger partial charge >= 0.3 is 0 Å². The molecule has 15 heavy (non-hydrogen) atoms. The highest BCUT2D eigenvalue weighted by Gasteiger charge is 2.33. The summed E-state index contributed by atoms with van der Waals surface area (Å²) in [6.45, 7) is 1.56. The first-order valence-electron chi connectivity index (χ1n) is 4.88. The van der Waals surface area contributed by atoms with E-state index >= 15 is 0 Å². The van der Waals surface area contributed by atoms with Gasteiger partial charge in [0.05, 0.1) is 6.26 Å². The maximum absolute atomic E-state index is 11.9. The highest BCUT2D eigenvalue weighted by Crippen LogP contribution is 2.23. The van der Waals surface area contributed by atoms with Gasteiger partial charge in [0.1, 0.15) is 0 Å². The number of hydrogen-bond donors (Lipinski definition) is 1. The molecule has 0 saturated carbocycles. The maximum atomic E-state index is 11.9. The highest BCUT2D eigenvalue weighted by atomic mass is 32.2. The fourth-order valence-electron chi connectivity index (χ4n) is 1.75. The van der Waals surface area contributed by atoms with E-state index in [0.717, 1.165) is 6.42 Å². The van der Waals surface area contributed by atoms with Crippen molar-refractivity contribution >= 4 is 10.0 Å². The molecular formula is C9H14N2O3S. The van der Waals surface area contributed by atoms with E-state index in [9.17, 15) is 8.42 Å². The fraction of sp³-hybridized carbons (Fsp3) is 0.556. The number of furan rings is 1. The number of rotatable bonds is 3. The molecule has 0 amide bonds. The zero-order valence-electron chi connectivity index (χ0n) is 8.30. The third-order valence-electron chi connectivity index (χ3n) is 2.67. The van der Waals surface area contributed by atoms with E-state index < -0.39 is 10.0 Å². The van der Waals surface area contributed by atoms with Crippen LogP contribution in [0.15, 0.2) is 27.9 Å². The van der Waals surface area contributed by atoms with Crippen molar-refractivity contribution in [3.05, 3.63) is 18.4 Å². The monoisotopic (exact) mass is 230 g/mol. The van der Waals surface area contributed by atoms with Gasteiger partial charge in [0.2, 0.25) is 5.09 Å². The minimum atomic E-state index is -3.43. The predicted octanol–water partition coefficient (Wildman–Crippen LogP) is 0.249. The van der Waals surface area contributed by atoms with Crippen molar-refractivity contribution < 1.29 is 12.8 Å². The average Bonchev–Trinajstić information content (AvgIpc) is 2.89. The van der Waals surface area contributed by atoms with Gasteiger partial charge in [0, 0.05) is 13.1 Å². The van der Waals surface area contributed by atoms with E-state index in [0.29, 0.717) is 19.6 Å². The Hall–Kier alpha value is -0.850. The number of nitrogens with two attached hydrogens (primary N) is 1. The van der Waals surface area contributed by atoms with Crippen LogP contribution in [-0.2, 0) is 10.0 Å². The molecule has 1 atom stereocenters. The lowest BCUT2D eigenvalue weighted by Crippen LogP contribution is -2.29. The van der Waals surface area contributed by atoms with E-state index in [1.807, 2.05) is 0 Å². The molecule has 6 heteroatoms. The number of sulfonamides is 1. The Balaban J connectivity index is 2.18. The minimum Gasteiger partial charge on any atom is -0.452 e. The molecule has 1 aromatic rings. The van der Waals surface area contributed by atoms with Gasteiger partial charge in [0.15, 0.2) is 0 Å². The van der Waals surface area contributed by atoms with Crippen molar-refractivity contribution in [1.29, 1.82) is 0 Å². The summed E-state index contributed by atoms with van der Waals surface area (Å²) in [4.78, 5) is 0. The maximum Gasteiger partial charge on any atom is 0.276 e. The number of nitrogens with zero attached hydrogens (tertiary/aromatic N) is 1. The number of hydrogen-bond acceptors (Lipinski definition) is 4.